The number of benzene rings is 2. The van der Waals surface area contributed by atoms with Crippen molar-refractivity contribution in [1.82, 2.24) is 0 Å². The van der Waals surface area contributed by atoms with Crippen LogP contribution in [0.2, 0.25) is 0 Å². The van der Waals surface area contributed by atoms with Gasteiger partial charge in [-0.05, 0) is 48.4 Å². The van der Waals surface area contributed by atoms with E-state index in [2.05, 4.69) is 11.8 Å². The molecule has 4 aliphatic rings. The maximum atomic E-state index is 13.4. The monoisotopic (exact) mass is 357 g/mol. The summed E-state index contributed by atoms with van der Waals surface area (Å²) >= 11 is 0. The Morgan fingerprint density at radius 3 is 2.48 bits per heavy atom. The molecule has 2 heterocycles. The van der Waals surface area contributed by atoms with Crippen molar-refractivity contribution in [3.8, 4) is 11.8 Å². The Balaban J connectivity index is 1.54. The average Bonchev–Trinajstić information content (AvgIpc) is 3.37. The molecular formula is C23H19NO3. The van der Waals surface area contributed by atoms with Crippen LogP contribution < -0.4 is 4.90 Å². The van der Waals surface area contributed by atoms with Crippen molar-refractivity contribution in [1.29, 1.82) is 0 Å². The summed E-state index contributed by atoms with van der Waals surface area (Å²) in [6, 6.07) is 19.4. The van der Waals surface area contributed by atoms with Crippen LogP contribution in [-0.4, -0.2) is 28.9 Å². The summed E-state index contributed by atoms with van der Waals surface area (Å²) in [6.45, 7) is 0. The van der Waals surface area contributed by atoms with Crippen LogP contribution in [0.4, 0.5) is 5.69 Å². The predicted molar refractivity (Wildman–Crippen MR) is 99.4 cm³/mol. The molecule has 7 atom stereocenters. The molecule has 2 saturated heterocycles. The van der Waals surface area contributed by atoms with Gasteiger partial charge in [-0.1, -0.05) is 42.3 Å². The molecule has 2 aliphatic heterocycles. The largest absolute Gasteiger partial charge is 0.390 e. The van der Waals surface area contributed by atoms with Crippen molar-refractivity contribution >= 4 is 11.6 Å². The number of ether oxygens (including phenoxy) is 1. The van der Waals surface area contributed by atoms with Crippen LogP contribution in [0.5, 0.6) is 0 Å². The normalized spacial score (nSPS) is 40.3. The summed E-state index contributed by atoms with van der Waals surface area (Å²) in [4.78, 5) is 15.2. The molecule has 4 nitrogen and oxygen atoms in total. The Labute approximate surface area is 157 Å². The van der Waals surface area contributed by atoms with Crippen molar-refractivity contribution in [2.45, 2.75) is 24.4 Å². The Kier molecular flexibility index (Phi) is 2.99. The Hall–Kier alpha value is -2.61. The van der Waals surface area contributed by atoms with E-state index in [1.54, 1.807) is 4.90 Å². The van der Waals surface area contributed by atoms with Gasteiger partial charge >= 0.3 is 0 Å². The highest BCUT2D eigenvalue weighted by molar-refractivity contribution is 6.01. The van der Waals surface area contributed by atoms with E-state index in [0.29, 0.717) is 0 Å². The van der Waals surface area contributed by atoms with Gasteiger partial charge in [-0.3, -0.25) is 9.69 Å². The first-order valence-electron chi connectivity index (χ1n) is 9.54. The lowest BCUT2D eigenvalue weighted by molar-refractivity contribution is -0.130. The highest BCUT2D eigenvalue weighted by Crippen LogP contribution is 2.67. The van der Waals surface area contributed by atoms with Crippen LogP contribution in [0.25, 0.3) is 0 Å². The number of carbonyl (C=O) groups excluding carboxylic acids is 1. The molecule has 27 heavy (non-hydrogen) atoms. The molecule has 2 bridgehead atoms. The first-order chi connectivity index (χ1) is 13.2. The number of carbonyl (C=O) groups is 1. The number of nitrogens with zero attached hydrogens (tertiary/aromatic N) is 1. The van der Waals surface area contributed by atoms with Gasteiger partial charge in [0.15, 0.2) is 0 Å². The number of fused-ring (bicyclic) bond motifs is 2. The average molecular weight is 357 g/mol. The molecule has 2 aromatic rings. The van der Waals surface area contributed by atoms with Crippen LogP contribution in [0.1, 0.15) is 12.0 Å². The molecule has 2 aromatic carbocycles. The zero-order valence-corrected chi connectivity index (χ0v) is 14.7. The van der Waals surface area contributed by atoms with Crippen LogP contribution in [-0.2, 0) is 9.53 Å². The summed E-state index contributed by atoms with van der Waals surface area (Å²) < 4.78 is 6.47. The molecular weight excluding hydrogens is 338 g/mol. The van der Waals surface area contributed by atoms with Gasteiger partial charge in [-0.15, -0.1) is 0 Å². The molecule has 0 radical (unpaired) electrons. The van der Waals surface area contributed by atoms with Gasteiger partial charge in [-0.2, -0.15) is 0 Å². The molecule has 4 fully saturated rings. The Morgan fingerprint density at radius 1 is 1.04 bits per heavy atom. The molecule has 6 rings (SSSR count). The summed E-state index contributed by atoms with van der Waals surface area (Å²) in [5.74, 6) is 6.66. The molecule has 1 N–H and O–H groups in total. The van der Waals surface area contributed by atoms with Crippen molar-refractivity contribution < 1.29 is 14.6 Å². The summed E-state index contributed by atoms with van der Waals surface area (Å²) in [6.07, 6.45) is 0.0868. The lowest BCUT2D eigenvalue weighted by Crippen LogP contribution is -2.50. The van der Waals surface area contributed by atoms with Crippen molar-refractivity contribution in [2.24, 2.45) is 23.7 Å². The molecule has 0 aromatic heterocycles. The second-order valence-electron chi connectivity index (χ2n) is 8.01. The maximum Gasteiger partial charge on any atom is 0.234 e. The Bertz CT molecular complexity index is 979. The maximum absolute atomic E-state index is 13.4. The lowest BCUT2D eigenvalue weighted by atomic mass is 9.77. The summed E-state index contributed by atoms with van der Waals surface area (Å²) in [5.41, 5.74) is 0.725. The van der Waals surface area contributed by atoms with E-state index in [4.69, 9.17) is 4.74 Å². The molecule has 2 saturated carbocycles. The summed E-state index contributed by atoms with van der Waals surface area (Å²) in [7, 11) is 0. The van der Waals surface area contributed by atoms with E-state index in [1.165, 1.54) is 0 Å². The molecule has 2 aliphatic carbocycles. The quantitative estimate of drug-likeness (QED) is 0.798. The third-order valence-corrected chi connectivity index (χ3v) is 6.83. The third kappa shape index (κ3) is 1.83. The van der Waals surface area contributed by atoms with Crippen LogP contribution in [0.15, 0.2) is 60.7 Å². The summed E-state index contributed by atoms with van der Waals surface area (Å²) in [5, 5.41) is 10.7. The van der Waals surface area contributed by atoms with Crippen LogP contribution >= 0.6 is 0 Å². The first kappa shape index (κ1) is 15.4. The zero-order chi connectivity index (χ0) is 18.2. The fraction of sp³-hybridized carbons (Fsp3) is 0.348. The van der Waals surface area contributed by atoms with E-state index in [9.17, 15) is 9.90 Å². The van der Waals surface area contributed by atoms with Gasteiger partial charge in [0, 0.05) is 17.2 Å². The van der Waals surface area contributed by atoms with Gasteiger partial charge in [0.2, 0.25) is 11.6 Å². The molecule has 0 spiro atoms. The first-order valence-corrected chi connectivity index (χ1v) is 9.54. The van der Waals surface area contributed by atoms with Gasteiger partial charge in [0.1, 0.15) is 0 Å². The van der Waals surface area contributed by atoms with Crippen molar-refractivity contribution in [2.75, 3.05) is 4.90 Å². The number of anilines is 1. The SMILES string of the molecule is O=C1C2C3CC4C(OC(C#Cc5ccccc5)(C42)N1c1ccccc1)C3O. The van der Waals surface area contributed by atoms with Gasteiger partial charge in [-0.25, -0.2) is 0 Å². The molecule has 4 heteroatoms. The number of aliphatic hydroxyl groups excluding tert-OH is 1. The zero-order valence-electron chi connectivity index (χ0n) is 14.7. The third-order valence-electron chi connectivity index (χ3n) is 6.83. The number of hydrogen-bond donors (Lipinski definition) is 1. The highest BCUT2D eigenvalue weighted by Gasteiger charge is 2.78. The van der Waals surface area contributed by atoms with E-state index in [0.717, 1.165) is 17.7 Å². The minimum atomic E-state index is -0.986. The fourth-order valence-electron chi connectivity index (χ4n) is 5.90. The highest BCUT2D eigenvalue weighted by atomic mass is 16.6. The molecule has 134 valence electrons. The standard InChI is InChI=1S/C23H19NO3/c25-20-16-13-17-19-18(16)22(26)24(15-9-5-2-6-10-15)23(19,27-21(17)20)12-11-14-7-3-1-4-8-14/h1-10,16-21,25H,13H2. The fourth-order valence-corrected chi connectivity index (χ4v) is 5.90. The number of aliphatic hydroxyl groups is 1. The van der Waals surface area contributed by atoms with Crippen molar-refractivity contribution in [3.05, 3.63) is 66.2 Å². The molecule has 1 amide bonds. The molecule has 7 unspecified atom stereocenters. The van der Waals surface area contributed by atoms with Crippen molar-refractivity contribution in [3.63, 3.8) is 0 Å². The lowest BCUT2D eigenvalue weighted by Gasteiger charge is -2.35. The second kappa shape index (κ2) is 5.22. The van der Waals surface area contributed by atoms with Gasteiger partial charge in [0.25, 0.3) is 0 Å². The topological polar surface area (TPSA) is 49.8 Å². The minimum Gasteiger partial charge on any atom is -0.390 e. The minimum absolute atomic E-state index is 0.00777. The smallest absolute Gasteiger partial charge is 0.234 e. The van der Waals surface area contributed by atoms with E-state index < -0.39 is 11.8 Å². The number of para-hydroxylation sites is 1. The Morgan fingerprint density at radius 2 is 1.74 bits per heavy atom. The van der Waals surface area contributed by atoms with E-state index in [1.807, 2.05) is 60.7 Å². The second-order valence-corrected chi connectivity index (χ2v) is 8.01. The van der Waals surface area contributed by atoms with Crippen LogP contribution in [0, 0.1) is 35.5 Å². The van der Waals surface area contributed by atoms with Gasteiger partial charge in [0.05, 0.1) is 18.1 Å². The van der Waals surface area contributed by atoms with Gasteiger partial charge < -0.3 is 9.84 Å². The van der Waals surface area contributed by atoms with E-state index in [-0.39, 0.29) is 35.7 Å². The predicted octanol–water partition coefficient (Wildman–Crippen LogP) is 2.42. The van der Waals surface area contributed by atoms with Crippen LogP contribution in [0.3, 0.4) is 0 Å². The number of hydrogen-bond acceptors (Lipinski definition) is 3. The van der Waals surface area contributed by atoms with E-state index >= 15 is 0 Å². The number of rotatable bonds is 1. The number of amides is 1.